The number of anilines is 1. The number of rotatable bonds is 8. The maximum atomic E-state index is 12.5. The van der Waals surface area contributed by atoms with Crippen LogP contribution >= 0.6 is 22.7 Å². The summed E-state index contributed by atoms with van der Waals surface area (Å²) in [6, 6.07) is 15.7. The van der Waals surface area contributed by atoms with Gasteiger partial charge < -0.3 is 10.1 Å². The van der Waals surface area contributed by atoms with Crippen LogP contribution in [0.3, 0.4) is 0 Å². The Morgan fingerprint density at radius 1 is 1.00 bits per heavy atom. The van der Waals surface area contributed by atoms with Crippen molar-refractivity contribution in [2.45, 2.75) is 13.1 Å². The molecule has 0 bridgehead atoms. The molecule has 3 aromatic rings. The Labute approximate surface area is 155 Å². The fourth-order valence-electron chi connectivity index (χ4n) is 2.49. The van der Waals surface area contributed by atoms with Crippen molar-refractivity contribution >= 4 is 34.3 Å². The SMILES string of the molecule is COc1ccc(NC(=O)CN(Cc2cccs2)Cc2cccs2)cc1. The Kier molecular flexibility index (Phi) is 6.22. The molecule has 0 unspecified atom stereocenters. The second kappa shape index (κ2) is 8.80. The number of benzene rings is 1. The van der Waals surface area contributed by atoms with E-state index in [-0.39, 0.29) is 5.91 Å². The fraction of sp³-hybridized carbons (Fsp3) is 0.211. The molecule has 0 aliphatic carbocycles. The van der Waals surface area contributed by atoms with E-state index in [4.69, 9.17) is 4.74 Å². The Morgan fingerprint density at radius 3 is 2.08 bits per heavy atom. The number of carbonyl (C=O) groups excluding carboxylic acids is 1. The minimum absolute atomic E-state index is 0.0155. The second-order valence-electron chi connectivity index (χ2n) is 5.58. The van der Waals surface area contributed by atoms with Gasteiger partial charge in [0, 0.05) is 28.5 Å². The van der Waals surface area contributed by atoms with Crippen molar-refractivity contribution in [1.82, 2.24) is 4.90 Å². The number of carbonyl (C=O) groups is 1. The number of nitrogens with zero attached hydrogens (tertiary/aromatic N) is 1. The molecule has 0 aliphatic heterocycles. The van der Waals surface area contributed by atoms with Crippen LogP contribution in [0.25, 0.3) is 0 Å². The summed E-state index contributed by atoms with van der Waals surface area (Å²) in [5.41, 5.74) is 0.776. The summed E-state index contributed by atoms with van der Waals surface area (Å²) in [7, 11) is 1.63. The number of ether oxygens (including phenoxy) is 1. The summed E-state index contributed by atoms with van der Waals surface area (Å²) in [6.07, 6.45) is 0. The Balaban J connectivity index is 1.62. The molecule has 25 heavy (non-hydrogen) atoms. The third kappa shape index (κ3) is 5.42. The van der Waals surface area contributed by atoms with Crippen LogP contribution < -0.4 is 10.1 Å². The summed E-state index contributed by atoms with van der Waals surface area (Å²) in [6.45, 7) is 1.89. The van der Waals surface area contributed by atoms with Gasteiger partial charge in [-0.1, -0.05) is 12.1 Å². The third-order valence-electron chi connectivity index (χ3n) is 3.66. The van der Waals surface area contributed by atoms with Crippen LogP contribution in [0.2, 0.25) is 0 Å². The van der Waals surface area contributed by atoms with Crippen LogP contribution in [0.5, 0.6) is 5.75 Å². The molecule has 4 nitrogen and oxygen atoms in total. The van der Waals surface area contributed by atoms with Gasteiger partial charge in [-0.25, -0.2) is 0 Å². The van der Waals surface area contributed by atoms with Gasteiger partial charge in [0.15, 0.2) is 0 Å². The summed E-state index contributed by atoms with van der Waals surface area (Å²) in [4.78, 5) is 17.1. The van der Waals surface area contributed by atoms with E-state index in [1.807, 2.05) is 36.4 Å². The quantitative estimate of drug-likeness (QED) is 0.635. The van der Waals surface area contributed by atoms with E-state index < -0.39 is 0 Å². The number of hydrogen-bond acceptors (Lipinski definition) is 5. The summed E-state index contributed by atoms with van der Waals surface area (Å²) < 4.78 is 5.14. The van der Waals surface area contributed by atoms with Crippen LogP contribution in [0.15, 0.2) is 59.3 Å². The van der Waals surface area contributed by atoms with Gasteiger partial charge >= 0.3 is 0 Å². The predicted molar refractivity (Wildman–Crippen MR) is 104 cm³/mol. The molecule has 2 heterocycles. The van der Waals surface area contributed by atoms with E-state index in [0.29, 0.717) is 6.54 Å². The zero-order valence-electron chi connectivity index (χ0n) is 14.0. The van der Waals surface area contributed by atoms with Crippen molar-refractivity contribution in [3.05, 3.63) is 69.0 Å². The van der Waals surface area contributed by atoms with E-state index in [2.05, 4.69) is 33.1 Å². The molecule has 130 valence electrons. The first-order valence-corrected chi connectivity index (χ1v) is 9.70. The second-order valence-corrected chi connectivity index (χ2v) is 7.65. The largest absolute Gasteiger partial charge is 0.497 e. The van der Waals surface area contributed by atoms with E-state index in [1.54, 1.807) is 29.8 Å². The van der Waals surface area contributed by atoms with Crippen molar-refractivity contribution in [2.24, 2.45) is 0 Å². The third-order valence-corrected chi connectivity index (χ3v) is 5.38. The van der Waals surface area contributed by atoms with Crippen molar-refractivity contribution in [3.8, 4) is 5.75 Å². The topological polar surface area (TPSA) is 41.6 Å². The lowest BCUT2D eigenvalue weighted by Gasteiger charge is -2.20. The Bertz CT molecular complexity index is 732. The Morgan fingerprint density at radius 2 is 1.60 bits per heavy atom. The summed E-state index contributed by atoms with van der Waals surface area (Å²) in [5.74, 6) is 0.758. The highest BCUT2D eigenvalue weighted by Gasteiger charge is 2.13. The molecule has 1 amide bonds. The van der Waals surface area contributed by atoms with Gasteiger partial charge in [-0.15, -0.1) is 22.7 Å². The fourth-order valence-corrected chi connectivity index (χ4v) is 3.98. The number of methoxy groups -OCH3 is 1. The smallest absolute Gasteiger partial charge is 0.238 e. The van der Waals surface area contributed by atoms with Gasteiger partial charge in [-0.3, -0.25) is 9.69 Å². The zero-order chi connectivity index (χ0) is 17.5. The van der Waals surface area contributed by atoms with Crippen molar-refractivity contribution in [1.29, 1.82) is 0 Å². The number of amides is 1. The van der Waals surface area contributed by atoms with Crippen LogP contribution in [-0.2, 0) is 17.9 Å². The average molecular weight is 373 g/mol. The van der Waals surface area contributed by atoms with Gasteiger partial charge in [0.2, 0.25) is 5.91 Å². The maximum Gasteiger partial charge on any atom is 0.238 e. The van der Waals surface area contributed by atoms with Crippen molar-refractivity contribution in [3.63, 3.8) is 0 Å². The van der Waals surface area contributed by atoms with E-state index in [0.717, 1.165) is 24.5 Å². The first-order valence-electron chi connectivity index (χ1n) is 7.94. The highest BCUT2D eigenvalue weighted by Crippen LogP contribution is 2.18. The number of thiophene rings is 2. The van der Waals surface area contributed by atoms with Crippen LogP contribution in [-0.4, -0.2) is 24.5 Å². The highest BCUT2D eigenvalue weighted by molar-refractivity contribution is 7.10. The predicted octanol–water partition coefficient (Wildman–Crippen LogP) is 4.46. The minimum atomic E-state index is -0.0155. The van der Waals surface area contributed by atoms with E-state index in [1.165, 1.54) is 9.75 Å². The molecular weight excluding hydrogens is 352 g/mol. The lowest BCUT2D eigenvalue weighted by atomic mass is 10.3. The molecule has 0 radical (unpaired) electrons. The molecule has 0 aliphatic rings. The molecule has 1 aromatic carbocycles. The Hall–Kier alpha value is -2.15. The van der Waals surface area contributed by atoms with E-state index >= 15 is 0 Å². The van der Waals surface area contributed by atoms with Crippen LogP contribution in [0.1, 0.15) is 9.75 Å². The molecule has 0 atom stereocenters. The summed E-state index contributed by atoms with van der Waals surface area (Å²) in [5, 5.41) is 7.08. The number of nitrogens with one attached hydrogen (secondary N) is 1. The molecular formula is C19H20N2O2S2. The van der Waals surface area contributed by atoms with Gasteiger partial charge in [0.05, 0.1) is 13.7 Å². The molecule has 0 saturated heterocycles. The van der Waals surface area contributed by atoms with Gasteiger partial charge in [0.1, 0.15) is 5.75 Å². The van der Waals surface area contributed by atoms with Gasteiger partial charge in [0.25, 0.3) is 0 Å². The lowest BCUT2D eigenvalue weighted by molar-refractivity contribution is -0.117. The first kappa shape index (κ1) is 17.7. The van der Waals surface area contributed by atoms with Crippen molar-refractivity contribution in [2.75, 3.05) is 19.0 Å². The lowest BCUT2D eigenvalue weighted by Crippen LogP contribution is -2.32. The zero-order valence-corrected chi connectivity index (χ0v) is 15.6. The van der Waals surface area contributed by atoms with Crippen molar-refractivity contribution < 1.29 is 9.53 Å². The standard InChI is InChI=1S/C19H20N2O2S2/c1-23-16-8-6-15(7-9-16)20-19(22)14-21(12-17-4-2-10-24-17)13-18-5-3-11-25-18/h2-11H,12-14H2,1H3,(H,20,22). The van der Waals surface area contributed by atoms with Crippen LogP contribution in [0, 0.1) is 0 Å². The highest BCUT2D eigenvalue weighted by atomic mass is 32.1. The van der Waals surface area contributed by atoms with Gasteiger partial charge in [-0.2, -0.15) is 0 Å². The molecule has 0 saturated carbocycles. The summed E-state index contributed by atoms with van der Waals surface area (Å²) >= 11 is 3.43. The number of hydrogen-bond donors (Lipinski definition) is 1. The first-order chi connectivity index (χ1) is 12.2. The molecule has 3 rings (SSSR count). The normalized spacial score (nSPS) is 10.8. The molecule has 0 fully saturated rings. The molecule has 6 heteroatoms. The van der Waals surface area contributed by atoms with E-state index in [9.17, 15) is 4.79 Å². The molecule has 2 aromatic heterocycles. The molecule has 1 N–H and O–H groups in total. The average Bonchev–Trinajstić information content (AvgIpc) is 3.29. The minimum Gasteiger partial charge on any atom is -0.497 e. The monoisotopic (exact) mass is 372 g/mol. The molecule has 0 spiro atoms. The maximum absolute atomic E-state index is 12.5. The van der Waals surface area contributed by atoms with Gasteiger partial charge in [-0.05, 0) is 47.2 Å². The van der Waals surface area contributed by atoms with Crippen LogP contribution in [0.4, 0.5) is 5.69 Å².